The summed E-state index contributed by atoms with van der Waals surface area (Å²) in [6.45, 7) is 7.31. The zero-order valence-electron chi connectivity index (χ0n) is 16.6. The minimum absolute atomic E-state index is 0.181. The molecule has 1 saturated heterocycles. The Labute approximate surface area is 169 Å². The van der Waals surface area contributed by atoms with E-state index in [1.54, 1.807) is 0 Å². The van der Waals surface area contributed by atoms with Gasteiger partial charge in [-0.05, 0) is 58.2 Å². The van der Waals surface area contributed by atoms with E-state index in [-0.39, 0.29) is 12.7 Å². The van der Waals surface area contributed by atoms with E-state index >= 15 is 0 Å². The highest BCUT2D eigenvalue weighted by Crippen LogP contribution is 2.36. The van der Waals surface area contributed by atoms with Crippen molar-refractivity contribution in [1.29, 1.82) is 0 Å². The summed E-state index contributed by atoms with van der Waals surface area (Å²) in [5.41, 5.74) is 0.926. The van der Waals surface area contributed by atoms with Gasteiger partial charge in [-0.3, -0.25) is 4.79 Å². The molecule has 0 bridgehead atoms. The third kappa shape index (κ3) is 3.57. The van der Waals surface area contributed by atoms with Gasteiger partial charge < -0.3 is 18.9 Å². The highest BCUT2D eigenvalue weighted by molar-refractivity contribution is 7.99. The Hall–Kier alpha value is -2.22. The molecule has 7 nitrogen and oxygen atoms in total. The molecule has 1 fully saturated rings. The first-order chi connectivity index (χ1) is 13.6. The SMILES string of the molecule is CCn1c(SCC(=O)N2[C@H](C)CCC[C@H]2C)nnc1-c1ccc2c(c1)OCO2. The van der Waals surface area contributed by atoms with E-state index in [1.807, 2.05) is 27.7 Å². The second kappa shape index (κ2) is 8.03. The van der Waals surface area contributed by atoms with Gasteiger partial charge in [-0.15, -0.1) is 10.2 Å². The molecule has 4 rings (SSSR count). The van der Waals surface area contributed by atoms with Gasteiger partial charge in [0, 0.05) is 24.2 Å². The van der Waals surface area contributed by atoms with Gasteiger partial charge in [0.1, 0.15) is 0 Å². The van der Waals surface area contributed by atoms with E-state index in [0.29, 0.717) is 17.8 Å². The van der Waals surface area contributed by atoms with Crippen LogP contribution >= 0.6 is 11.8 Å². The van der Waals surface area contributed by atoms with Gasteiger partial charge in [-0.1, -0.05) is 11.8 Å². The number of likely N-dealkylation sites (tertiary alicyclic amines) is 1. The number of ether oxygens (including phenoxy) is 2. The van der Waals surface area contributed by atoms with Gasteiger partial charge in [0.05, 0.1) is 5.75 Å². The molecule has 0 spiro atoms. The number of benzene rings is 1. The number of hydrogen-bond donors (Lipinski definition) is 0. The van der Waals surface area contributed by atoms with Gasteiger partial charge in [0.25, 0.3) is 0 Å². The van der Waals surface area contributed by atoms with Crippen LogP contribution in [0.3, 0.4) is 0 Å². The Kier molecular flexibility index (Phi) is 5.48. The molecular weight excluding hydrogens is 376 g/mol. The van der Waals surface area contributed by atoms with Crippen LogP contribution in [0.4, 0.5) is 0 Å². The van der Waals surface area contributed by atoms with Crippen molar-refractivity contribution in [3.63, 3.8) is 0 Å². The monoisotopic (exact) mass is 402 g/mol. The molecular formula is C20H26N4O3S. The summed E-state index contributed by atoms with van der Waals surface area (Å²) < 4.78 is 12.9. The summed E-state index contributed by atoms with van der Waals surface area (Å²) >= 11 is 1.46. The van der Waals surface area contributed by atoms with Crippen molar-refractivity contribution in [2.75, 3.05) is 12.5 Å². The predicted octanol–water partition coefficient (Wildman–Crippen LogP) is 3.58. The first-order valence-electron chi connectivity index (χ1n) is 9.85. The zero-order chi connectivity index (χ0) is 19.7. The van der Waals surface area contributed by atoms with Crippen LogP contribution in [0.5, 0.6) is 11.5 Å². The fraction of sp³-hybridized carbons (Fsp3) is 0.550. The summed E-state index contributed by atoms with van der Waals surface area (Å²) in [6, 6.07) is 6.40. The van der Waals surface area contributed by atoms with Gasteiger partial charge in [-0.2, -0.15) is 0 Å². The van der Waals surface area contributed by atoms with Crippen molar-refractivity contribution >= 4 is 17.7 Å². The molecule has 0 N–H and O–H groups in total. The normalized spacial score (nSPS) is 21.2. The number of rotatable bonds is 5. The molecule has 3 heterocycles. The molecule has 2 aromatic rings. The molecule has 1 aromatic carbocycles. The number of aromatic nitrogens is 3. The third-order valence-corrected chi connectivity index (χ3v) is 6.42. The Morgan fingerprint density at radius 3 is 2.68 bits per heavy atom. The van der Waals surface area contributed by atoms with Crippen LogP contribution in [0.15, 0.2) is 23.4 Å². The second-order valence-electron chi connectivity index (χ2n) is 7.34. The highest BCUT2D eigenvalue weighted by atomic mass is 32.2. The van der Waals surface area contributed by atoms with Gasteiger partial charge in [-0.25, -0.2) is 0 Å². The third-order valence-electron chi connectivity index (χ3n) is 5.47. The number of hydrogen-bond acceptors (Lipinski definition) is 6. The van der Waals surface area contributed by atoms with Crippen molar-refractivity contribution in [2.24, 2.45) is 0 Å². The lowest BCUT2D eigenvalue weighted by Gasteiger charge is -2.39. The van der Waals surface area contributed by atoms with E-state index in [9.17, 15) is 4.79 Å². The molecule has 0 saturated carbocycles. The Morgan fingerprint density at radius 2 is 1.93 bits per heavy atom. The Morgan fingerprint density at radius 1 is 1.18 bits per heavy atom. The van der Waals surface area contributed by atoms with Gasteiger partial charge in [0.15, 0.2) is 22.5 Å². The molecule has 0 aliphatic carbocycles. The van der Waals surface area contributed by atoms with E-state index < -0.39 is 0 Å². The van der Waals surface area contributed by atoms with Crippen LogP contribution < -0.4 is 9.47 Å². The molecule has 1 amide bonds. The Balaban J connectivity index is 1.49. The van der Waals surface area contributed by atoms with Gasteiger partial charge >= 0.3 is 0 Å². The molecule has 1 aromatic heterocycles. The maximum absolute atomic E-state index is 12.8. The first-order valence-corrected chi connectivity index (χ1v) is 10.8. The molecule has 150 valence electrons. The first kappa shape index (κ1) is 19.1. The lowest BCUT2D eigenvalue weighted by molar-refractivity contribution is -0.134. The van der Waals surface area contributed by atoms with Crippen molar-refractivity contribution in [3.8, 4) is 22.9 Å². The van der Waals surface area contributed by atoms with E-state index in [0.717, 1.165) is 47.4 Å². The molecule has 0 radical (unpaired) electrons. The van der Waals surface area contributed by atoms with Crippen molar-refractivity contribution in [3.05, 3.63) is 18.2 Å². The number of amides is 1. The number of carbonyl (C=O) groups is 1. The average molecular weight is 403 g/mol. The van der Waals surface area contributed by atoms with Crippen LogP contribution in [0.2, 0.25) is 0 Å². The van der Waals surface area contributed by atoms with Crippen molar-refractivity contribution in [1.82, 2.24) is 19.7 Å². The molecule has 2 aliphatic rings. The minimum Gasteiger partial charge on any atom is -0.454 e. The number of thioether (sulfide) groups is 1. The molecule has 0 unspecified atom stereocenters. The van der Waals surface area contributed by atoms with E-state index in [2.05, 4.69) is 31.0 Å². The lowest BCUT2D eigenvalue weighted by Crippen LogP contribution is -2.48. The maximum Gasteiger partial charge on any atom is 0.233 e. The number of piperidine rings is 1. The molecule has 28 heavy (non-hydrogen) atoms. The van der Waals surface area contributed by atoms with Crippen LogP contribution in [0, 0.1) is 0 Å². The summed E-state index contributed by atoms with van der Waals surface area (Å²) in [5, 5.41) is 9.48. The summed E-state index contributed by atoms with van der Waals surface area (Å²) in [4.78, 5) is 14.9. The van der Waals surface area contributed by atoms with Crippen molar-refractivity contribution < 1.29 is 14.3 Å². The average Bonchev–Trinajstić information content (AvgIpc) is 3.31. The minimum atomic E-state index is 0.181. The van der Waals surface area contributed by atoms with Crippen LogP contribution in [-0.4, -0.2) is 50.2 Å². The number of carbonyl (C=O) groups excluding carboxylic acids is 1. The van der Waals surface area contributed by atoms with Gasteiger partial charge in [0.2, 0.25) is 12.7 Å². The molecule has 2 aliphatic heterocycles. The maximum atomic E-state index is 12.8. The summed E-state index contributed by atoms with van der Waals surface area (Å²) in [6.07, 6.45) is 3.36. The predicted molar refractivity (Wildman–Crippen MR) is 108 cm³/mol. The topological polar surface area (TPSA) is 69.5 Å². The zero-order valence-corrected chi connectivity index (χ0v) is 17.4. The van der Waals surface area contributed by atoms with Crippen LogP contribution in [0.25, 0.3) is 11.4 Å². The number of fused-ring (bicyclic) bond motifs is 1. The quantitative estimate of drug-likeness (QED) is 0.712. The second-order valence-corrected chi connectivity index (χ2v) is 8.28. The van der Waals surface area contributed by atoms with E-state index in [4.69, 9.17) is 9.47 Å². The van der Waals surface area contributed by atoms with E-state index in [1.165, 1.54) is 18.2 Å². The smallest absolute Gasteiger partial charge is 0.233 e. The van der Waals surface area contributed by atoms with Crippen LogP contribution in [-0.2, 0) is 11.3 Å². The Bertz CT molecular complexity index is 859. The fourth-order valence-electron chi connectivity index (χ4n) is 4.04. The standard InChI is InChI=1S/C20H26N4O3S/c1-4-23-19(15-8-9-16-17(10-15)27-12-26-16)21-22-20(23)28-11-18(25)24-13(2)6-5-7-14(24)3/h8-10,13-14H,4-7,11-12H2,1-3H3/t13-,14-/m1/s1. The largest absolute Gasteiger partial charge is 0.454 e. The summed E-state index contributed by atoms with van der Waals surface area (Å²) in [7, 11) is 0. The highest BCUT2D eigenvalue weighted by Gasteiger charge is 2.29. The number of nitrogens with zero attached hydrogens (tertiary/aromatic N) is 4. The fourth-order valence-corrected chi connectivity index (χ4v) is 4.92. The lowest BCUT2D eigenvalue weighted by atomic mass is 9.98. The summed E-state index contributed by atoms with van der Waals surface area (Å²) in [5.74, 6) is 2.81. The molecule has 2 atom stereocenters. The van der Waals surface area contributed by atoms with Crippen LogP contribution in [0.1, 0.15) is 40.0 Å². The molecule has 8 heteroatoms. The van der Waals surface area contributed by atoms with Crippen molar-refractivity contribution in [2.45, 2.75) is 63.8 Å².